The molecule has 186 valence electrons. The molecular formula is C30H33F3O2. The fourth-order valence-corrected chi connectivity index (χ4v) is 4.65. The molecule has 5 heteroatoms. The average Bonchev–Trinajstić information content (AvgIpc) is 2.89. The van der Waals surface area contributed by atoms with Gasteiger partial charge in [-0.25, -0.2) is 13.2 Å². The Morgan fingerprint density at radius 3 is 2.09 bits per heavy atom. The summed E-state index contributed by atoms with van der Waals surface area (Å²) in [6, 6.07) is 15.6. The Hall–Kier alpha value is -2.63. The highest BCUT2D eigenvalue weighted by Gasteiger charge is 2.20. The van der Waals surface area contributed by atoms with E-state index in [0.29, 0.717) is 36.3 Å². The number of benzene rings is 3. The Morgan fingerprint density at radius 1 is 0.714 bits per heavy atom. The van der Waals surface area contributed by atoms with Crippen LogP contribution in [-0.2, 0) is 15.9 Å². The Bertz CT molecular complexity index is 1110. The summed E-state index contributed by atoms with van der Waals surface area (Å²) < 4.78 is 54.9. The Morgan fingerprint density at radius 2 is 1.37 bits per heavy atom. The first kappa shape index (κ1) is 25.5. The van der Waals surface area contributed by atoms with E-state index in [1.807, 2.05) is 6.07 Å². The second-order valence-corrected chi connectivity index (χ2v) is 9.29. The van der Waals surface area contributed by atoms with E-state index in [0.717, 1.165) is 30.4 Å². The second-order valence-electron chi connectivity index (χ2n) is 9.29. The SMILES string of the molecule is CCCCCCCCc1ccc(-c2ccc(-c3ccc(C4COCOC4)c(F)c3)cc2)c(F)c1F. The lowest BCUT2D eigenvalue weighted by atomic mass is 9.94. The molecule has 0 aliphatic carbocycles. The molecule has 1 fully saturated rings. The maximum absolute atomic E-state index is 14.9. The molecule has 1 aliphatic rings. The Labute approximate surface area is 206 Å². The van der Waals surface area contributed by atoms with Gasteiger partial charge in [0.25, 0.3) is 0 Å². The fraction of sp³-hybridized carbons (Fsp3) is 0.400. The third-order valence-electron chi connectivity index (χ3n) is 6.74. The molecule has 0 saturated carbocycles. The quantitative estimate of drug-likeness (QED) is 0.270. The van der Waals surface area contributed by atoms with E-state index in [1.54, 1.807) is 42.5 Å². The average molecular weight is 483 g/mol. The van der Waals surface area contributed by atoms with Crippen molar-refractivity contribution in [2.45, 2.75) is 57.8 Å². The molecule has 3 aromatic carbocycles. The molecule has 0 bridgehead atoms. The molecule has 35 heavy (non-hydrogen) atoms. The van der Waals surface area contributed by atoms with Gasteiger partial charge in [0.1, 0.15) is 12.6 Å². The monoisotopic (exact) mass is 482 g/mol. The molecule has 1 aliphatic heterocycles. The summed E-state index contributed by atoms with van der Waals surface area (Å²) in [5.74, 6) is -2.00. The number of halogens is 3. The largest absolute Gasteiger partial charge is 0.355 e. The van der Waals surface area contributed by atoms with Crippen molar-refractivity contribution in [3.63, 3.8) is 0 Å². The minimum atomic E-state index is -0.812. The van der Waals surface area contributed by atoms with Crippen LogP contribution in [0.25, 0.3) is 22.3 Å². The van der Waals surface area contributed by atoms with Gasteiger partial charge in [0.05, 0.1) is 13.2 Å². The summed E-state index contributed by atoms with van der Waals surface area (Å²) in [7, 11) is 0. The molecule has 2 nitrogen and oxygen atoms in total. The van der Waals surface area contributed by atoms with Crippen LogP contribution in [0.15, 0.2) is 54.6 Å². The van der Waals surface area contributed by atoms with Crippen LogP contribution in [0, 0.1) is 17.5 Å². The highest BCUT2D eigenvalue weighted by molar-refractivity contribution is 5.71. The number of hydrogen-bond donors (Lipinski definition) is 0. The smallest absolute Gasteiger partial charge is 0.166 e. The van der Waals surface area contributed by atoms with Crippen molar-refractivity contribution >= 4 is 0 Å². The molecule has 4 rings (SSSR count). The van der Waals surface area contributed by atoms with Crippen LogP contribution < -0.4 is 0 Å². The van der Waals surface area contributed by atoms with Crippen LogP contribution in [0.3, 0.4) is 0 Å². The predicted octanol–water partition coefficient (Wildman–Crippen LogP) is 8.43. The third kappa shape index (κ3) is 6.33. The maximum Gasteiger partial charge on any atom is 0.166 e. The Kier molecular flexibility index (Phi) is 9.00. The van der Waals surface area contributed by atoms with E-state index in [2.05, 4.69) is 6.92 Å². The van der Waals surface area contributed by atoms with Crippen LogP contribution >= 0.6 is 0 Å². The van der Waals surface area contributed by atoms with Crippen LogP contribution in [0.5, 0.6) is 0 Å². The van der Waals surface area contributed by atoms with Gasteiger partial charge in [0.15, 0.2) is 11.6 Å². The predicted molar refractivity (Wildman–Crippen MR) is 134 cm³/mol. The summed E-state index contributed by atoms with van der Waals surface area (Å²) in [5.41, 5.74) is 3.35. The second kappa shape index (κ2) is 12.4. The summed E-state index contributed by atoms with van der Waals surface area (Å²) in [6.45, 7) is 3.29. The molecule has 0 amide bonds. The highest BCUT2D eigenvalue weighted by atomic mass is 19.2. The van der Waals surface area contributed by atoms with E-state index < -0.39 is 11.6 Å². The zero-order valence-corrected chi connectivity index (χ0v) is 20.3. The lowest BCUT2D eigenvalue weighted by molar-refractivity contribution is -0.108. The van der Waals surface area contributed by atoms with E-state index >= 15 is 0 Å². The molecule has 1 heterocycles. The number of unbranched alkanes of at least 4 members (excludes halogenated alkanes) is 5. The van der Waals surface area contributed by atoms with Crippen molar-refractivity contribution < 1.29 is 22.6 Å². The molecule has 0 spiro atoms. The first-order valence-electron chi connectivity index (χ1n) is 12.6. The van der Waals surface area contributed by atoms with Gasteiger partial charge < -0.3 is 9.47 Å². The van der Waals surface area contributed by atoms with E-state index in [-0.39, 0.29) is 24.1 Å². The van der Waals surface area contributed by atoms with E-state index in [9.17, 15) is 13.2 Å². The van der Waals surface area contributed by atoms with E-state index in [1.165, 1.54) is 25.3 Å². The van der Waals surface area contributed by atoms with Crippen molar-refractivity contribution in [3.05, 3.63) is 83.2 Å². The van der Waals surface area contributed by atoms with Crippen molar-refractivity contribution in [3.8, 4) is 22.3 Å². The zero-order chi connectivity index (χ0) is 24.6. The van der Waals surface area contributed by atoms with Crippen LogP contribution in [0.4, 0.5) is 13.2 Å². The van der Waals surface area contributed by atoms with Gasteiger partial charge in [-0.15, -0.1) is 0 Å². The van der Waals surface area contributed by atoms with Gasteiger partial charge in [0, 0.05) is 11.5 Å². The summed E-state index contributed by atoms with van der Waals surface area (Å²) in [6.07, 6.45) is 7.20. The van der Waals surface area contributed by atoms with Crippen molar-refractivity contribution in [2.24, 2.45) is 0 Å². The first-order chi connectivity index (χ1) is 17.1. The summed E-state index contributed by atoms with van der Waals surface area (Å²) >= 11 is 0. The van der Waals surface area contributed by atoms with Crippen LogP contribution in [0.2, 0.25) is 0 Å². The van der Waals surface area contributed by atoms with Gasteiger partial charge in [-0.05, 0) is 46.7 Å². The third-order valence-corrected chi connectivity index (χ3v) is 6.74. The molecular weight excluding hydrogens is 449 g/mol. The normalized spacial score (nSPS) is 14.4. The van der Waals surface area contributed by atoms with Gasteiger partial charge >= 0.3 is 0 Å². The number of aryl methyl sites for hydroxylation is 1. The molecule has 0 N–H and O–H groups in total. The Balaban J connectivity index is 1.44. The van der Waals surface area contributed by atoms with Gasteiger partial charge in [-0.2, -0.15) is 0 Å². The lowest BCUT2D eigenvalue weighted by Gasteiger charge is -2.23. The standard InChI is InChI=1S/C30H33F3O2/c1-2-3-4-5-6-7-8-23-13-16-27(30(33)29(23)32)22-11-9-21(10-12-22)24-14-15-26(28(31)17-24)25-18-34-20-35-19-25/h9-17,25H,2-8,18-20H2,1H3. The minimum Gasteiger partial charge on any atom is -0.355 e. The van der Waals surface area contributed by atoms with E-state index in [4.69, 9.17) is 9.47 Å². The highest BCUT2D eigenvalue weighted by Crippen LogP contribution is 2.31. The molecule has 0 unspecified atom stereocenters. The van der Waals surface area contributed by atoms with Gasteiger partial charge in [-0.3, -0.25) is 0 Å². The summed E-state index contributed by atoms with van der Waals surface area (Å²) in [4.78, 5) is 0. The lowest BCUT2D eigenvalue weighted by Crippen LogP contribution is -2.23. The minimum absolute atomic E-state index is 0.123. The number of rotatable bonds is 10. The molecule has 0 atom stereocenters. The van der Waals surface area contributed by atoms with Crippen molar-refractivity contribution in [2.75, 3.05) is 20.0 Å². The summed E-state index contributed by atoms with van der Waals surface area (Å²) in [5, 5.41) is 0. The van der Waals surface area contributed by atoms with Gasteiger partial charge in [-0.1, -0.05) is 87.6 Å². The molecule has 3 aromatic rings. The van der Waals surface area contributed by atoms with Crippen molar-refractivity contribution in [1.82, 2.24) is 0 Å². The fourth-order valence-electron chi connectivity index (χ4n) is 4.65. The topological polar surface area (TPSA) is 18.5 Å². The molecule has 0 radical (unpaired) electrons. The first-order valence-corrected chi connectivity index (χ1v) is 12.6. The molecule has 0 aromatic heterocycles. The van der Waals surface area contributed by atoms with Crippen LogP contribution in [-0.4, -0.2) is 20.0 Å². The number of ether oxygens (including phenoxy) is 2. The van der Waals surface area contributed by atoms with Gasteiger partial charge in [0.2, 0.25) is 0 Å². The zero-order valence-electron chi connectivity index (χ0n) is 20.3. The van der Waals surface area contributed by atoms with Crippen LogP contribution in [0.1, 0.15) is 62.5 Å². The van der Waals surface area contributed by atoms with Crippen molar-refractivity contribution in [1.29, 1.82) is 0 Å². The maximum atomic E-state index is 14.9. The number of hydrogen-bond acceptors (Lipinski definition) is 2. The molecule has 1 saturated heterocycles.